The molecule has 1 saturated heterocycles. The highest BCUT2D eigenvalue weighted by molar-refractivity contribution is 5.42. The van der Waals surface area contributed by atoms with Crippen molar-refractivity contribution in [2.24, 2.45) is 7.05 Å². The van der Waals surface area contributed by atoms with Gasteiger partial charge >= 0.3 is 0 Å². The molecule has 114 valence electrons. The summed E-state index contributed by atoms with van der Waals surface area (Å²) in [5, 5.41) is 12.4. The Hall–Kier alpha value is -2.41. The number of hydrogen-bond donors (Lipinski definition) is 0. The molecule has 22 heavy (non-hydrogen) atoms. The second-order valence-electron chi connectivity index (χ2n) is 5.55. The van der Waals surface area contributed by atoms with Crippen molar-refractivity contribution in [3.8, 4) is 11.7 Å². The molecule has 1 atom stereocenters. The Kier molecular flexibility index (Phi) is 3.27. The molecule has 0 N–H and O–H groups in total. The smallest absolute Gasteiger partial charge is 0.283 e. The van der Waals surface area contributed by atoms with Crippen molar-refractivity contribution >= 4 is 0 Å². The molecule has 0 amide bonds. The standard InChI is InChI=1S/C15H17N5O2/c1-19-9-11(8-16-19)12-4-2-6-20(12)10-14-17-18-15(22-14)13-5-3-7-21-13/h3,5,7-9,12H,2,4,6,10H2,1H3. The average molecular weight is 299 g/mol. The van der Waals surface area contributed by atoms with E-state index in [0.29, 0.717) is 30.1 Å². The van der Waals surface area contributed by atoms with Gasteiger partial charge in [0, 0.05) is 24.8 Å². The minimum absolute atomic E-state index is 0.368. The van der Waals surface area contributed by atoms with Crippen LogP contribution in [0.25, 0.3) is 11.7 Å². The second-order valence-corrected chi connectivity index (χ2v) is 5.55. The van der Waals surface area contributed by atoms with Crippen LogP contribution in [-0.2, 0) is 13.6 Å². The van der Waals surface area contributed by atoms with E-state index >= 15 is 0 Å². The molecular formula is C15H17N5O2. The Morgan fingerprint density at radius 1 is 1.36 bits per heavy atom. The lowest BCUT2D eigenvalue weighted by molar-refractivity contribution is 0.224. The van der Waals surface area contributed by atoms with Gasteiger partial charge in [-0.05, 0) is 31.5 Å². The fourth-order valence-corrected chi connectivity index (χ4v) is 3.00. The summed E-state index contributed by atoms with van der Waals surface area (Å²) in [4.78, 5) is 2.36. The van der Waals surface area contributed by atoms with Crippen molar-refractivity contribution in [1.29, 1.82) is 0 Å². The summed E-state index contributed by atoms with van der Waals surface area (Å²) in [7, 11) is 1.94. The van der Waals surface area contributed by atoms with Crippen LogP contribution in [0.5, 0.6) is 0 Å². The van der Waals surface area contributed by atoms with E-state index in [-0.39, 0.29) is 0 Å². The predicted octanol–water partition coefficient (Wildman–Crippen LogP) is 2.40. The number of aryl methyl sites for hydroxylation is 1. The zero-order chi connectivity index (χ0) is 14.9. The Morgan fingerprint density at radius 3 is 3.09 bits per heavy atom. The van der Waals surface area contributed by atoms with Crippen molar-refractivity contribution in [2.75, 3.05) is 6.54 Å². The van der Waals surface area contributed by atoms with E-state index in [1.54, 1.807) is 12.3 Å². The first-order valence-electron chi connectivity index (χ1n) is 7.38. The number of aromatic nitrogens is 4. The summed E-state index contributed by atoms with van der Waals surface area (Å²) >= 11 is 0. The molecule has 0 bridgehead atoms. The highest BCUT2D eigenvalue weighted by Crippen LogP contribution is 2.32. The molecule has 0 saturated carbocycles. The van der Waals surface area contributed by atoms with Gasteiger partial charge in [-0.1, -0.05) is 0 Å². The van der Waals surface area contributed by atoms with E-state index < -0.39 is 0 Å². The van der Waals surface area contributed by atoms with Gasteiger partial charge in [0.25, 0.3) is 5.89 Å². The number of furan rings is 1. The van der Waals surface area contributed by atoms with Crippen molar-refractivity contribution in [3.63, 3.8) is 0 Å². The van der Waals surface area contributed by atoms with Crippen LogP contribution in [0.3, 0.4) is 0 Å². The first-order valence-corrected chi connectivity index (χ1v) is 7.38. The maximum Gasteiger partial charge on any atom is 0.283 e. The maximum atomic E-state index is 5.70. The largest absolute Gasteiger partial charge is 0.459 e. The Balaban J connectivity index is 1.50. The molecule has 0 spiro atoms. The van der Waals surface area contributed by atoms with Crippen molar-refractivity contribution in [2.45, 2.75) is 25.4 Å². The van der Waals surface area contributed by atoms with E-state index in [1.807, 2.05) is 24.0 Å². The molecule has 0 aromatic carbocycles. The third kappa shape index (κ3) is 2.43. The molecule has 3 aromatic heterocycles. The minimum atomic E-state index is 0.368. The molecule has 1 aliphatic rings. The molecule has 3 aromatic rings. The fraction of sp³-hybridized carbons (Fsp3) is 0.400. The lowest BCUT2D eigenvalue weighted by Crippen LogP contribution is -2.22. The van der Waals surface area contributed by atoms with Gasteiger partial charge in [-0.25, -0.2) is 0 Å². The predicted molar refractivity (Wildman–Crippen MR) is 77.6 cm³/mol. The van der Waals surface area contributed by atoms with Gasteiger partial charge in [0.15, 0.2) is 5.76 Å². The molecule has 1 aliphatic heterocycles. The number of nitrogens with zero attached hydrogens (tertiary/aromatic N) is 5. The topological polar surface area (TPSA) is 73.1 Å². The van der Waals surface area contributed by atoms with Crippen LogP contribution < -0.4 is 0 Å². The summed E-state index contributed by atoms with van der Waals surface area (Å²) < 4.78 is 12.8. The van der Waals surface area contributed by atoms with Crippen LogP contribution in [0.1, 0.15) is 30.3 Å². The van der Waals surface area contributed by atoms with Crippen molar-refractivity contribution < 1.29 is 8.83 Å². The van der Waals surface area contributed by atoms with E-state index in [9.17, 15) is 0 Å². The maximum absolute atomic E-state index is 5.70. The van der Waals surface area contributed by atoms with Crippen molar-refractivity contribution in [3.05, 3.63) is 42.2 Å². The highest BCUT2D eigenvalue weighted by atomic mass is 16.4. The first kappa shape index (κ1) is 13.3. The van der Waals surface area contributed by atoms with Gasteiger partial charge in [0.2, 0.25) is 5.89 Å². The summed E-state index contributed by atoms with van der Waals surface area (Å²) in [6.07, 6.45) is 7.90. The average Bonchev–Trinajstić information content (AvgIpc) is 3.26. The quantitative estimate of drug-likeness (QED) is 0.736. The molecule has 4 heterocycles. The Morgan fingerprint density at radius 2 is 2.32 bits per heavy atom. The highest BCUT2D eigenvalue weighted by Gasteiger charge is 2.28. The van der Waals surface area contributed by atoms with Crippen molar-refractivity contribution in [1.82, 2.24) is 24.9 Å². The molecule has 7 heteroatoms. The van der Waals surface area contributed by atoms with Gasteiger partial charge in [0.1, 0.15) is 0 Å². The van der Waals surface area contributed by atoms with Gasteiger partial charge in [0.05, 0.1) is 19.0 Å². The van der Waals surface area contributed by atoms with E-state index in [1.165, 1.54) is 12.0 Å². The SMILES string of the molecule is Cn1cc(C2CCCN2Cc2nnc(-c3ccco3)o2)cn1. The number of likely N-dealkylation sites (tertiary alicyclic amines) is 1. The zero-order valence-electron chi connectivity index (χ0n) is 12.3. The summed E-state index contributed by atoms with van der Waals surface area (Å²) in [6.45, 7) is 1.67. The number of rotatable bonds is 4. The summed E-state index contributed by atoms with van der Waals surface area (Å²) in [6, 6.07) is 3.98. The van der Waals surface area contributed by atoms with Crippen LogP contribution in [-0.4, -0.2) is 31.4 Å². The van der Waals surface area contributed by atoms with E-state index in [4.69, 9.17) is 8.83 Å². The summed E-state index contributed by atoms with van der Waals surface area (Å²) in [5.74, 6) is 1.64. The molecular weight excluding hydrogens is 282 g/mol. The Labute approximate surface area is 127 Å². The molecule has 7 nitrogen and oxygen atoms in total. The van der Waals surface area contributed by atoms with Gasteiger partial charge in [-0.3, -0.25) is 9.58 Å². The molecule has 1 unspecified atom stereocenters. The molecule has 1 fully saturated rings. The normalized spacial score (nSPS) is 19.0. The van der Waals surface area contributed by atoms with Gasteiger partial charge in [-0.2, -0.15) is 5.10 Å². The van der Waals surface area contributed by atoms with E-state index in [0.717, 1.165) is 13.0 Å². The lowest BCUT2D eigenvalue weighted by atomic mass is 10.1. The second kappa shape index (κ2) is 5.42. The first-order chi connectivity index (χ1) is 10.8. The van der Waals surface area contributed by atoms with Crippen LogP contribution in [0, 0.1) is 0 Å². The number of hydrogen-bond acceptors (Lipinski definition) is 6. The third-order valence-electron chi connectivity index (χ3n) is 4.01. The van der Waals surface area contributed by atoms with Gasteiger partial charge < -0.3 is 8.83 Å². The molecule has 4 rings (SSSR count). The summed E-state index contributed by atoms with van der Waals surface area (Å²) in [5.41, 5.74) is 1.24. The van der Waals surface area contributed by atoms with E-state index in [2.05, 4.69) is 26.4 Å². The van der Waals surface area contributed by atoms with Crippen LogP contribution >= 0.6 is 0 Å². The monoisotopic (exact) mass is 299 g/mol. The molecule has 0 aliphatic carbocycles. The zero-order valence-corrected chi connectivity index (χ0v) is 12.3. The van der Waals surface area contributed by atoms with Crippen LogP contribution in [0.15, 0.2) is 39.6 Å². The van der Waals surface area contributed by atoms with Crippen LogP contribution in [0.4, 0.5) is 0 Å². The minimum Gasteiger partial charge on any atom is -0.459 e. The van der Waals surface area contributed by atoms with Crippen LogP contribution in [0.2, 0.25) is 0 Å². The third-order valence-corrected chi connectivity index (χ3v) is 4.01. The Bertz CT molecular complexity index is 746. The lowest BCUT2D eigenvalue weighted by Gasteiger charge is -2.21. The molecule has 0 radical (unpaired) electrons. The fourth-order valence-electron chi connectivity index (χ4n) is 3.00. The van der Waals surface area contributed by atoms with Gasteiger partial charge in [-0.15, -0.1) is 10.2 Å².